The van der Waals surface area contributed by atoms with Gasteiger partial charge in [-0.3, -0.25) is 14.4 Å². The van der Waals surface area contributed by atoms with Crippen LogP contribution >= 0.6 is 11.3 Å². The Hall–Kier alpha value is -4.23. The van der Waals surface area contributed by atoms with Gasteiger partial charge in [-0.05, 0) is 53.6 Å². The number of amides is 2. The van der Waals surface area contributed by atoms with E-state index in [0.29, 0.717) is 41.8 Å². The summed E-state index contributed by atoms with van der Waals surface area (Å²) in [6, 6.07) is 26.3. The fraction of sp³-hybridized carbons (Fsp3) is 0.194. The number of aliphatic carboxylic acids is 1. The second kappa shape index (κ2) is 12.8. The molecule has 0 saturated carbocycles. The van der Waals surface area contributed by atoms with E-state index in [9.17, 15) is 19.5 Å². The number of thiophene rings is 1. The highest BCUT2D eigenvalue weighted by atomic mass is 32.1. The smallest absolute Gasteiger partial charge is 0.305 e. The van der Waals surface area contributed by atoms with Crippen molar-refractivity contribution >= 4 is 29.1 Å². The van der Waals surface area contributed by atoms with Crippen molar-refractivity contribution in [2.24, 2.45) is 0 Å². The Kier molecular flexibility index (Phi) is 9.06. The zero-order valence-electron chi connectivity index (χ0n) is 21.2. The van der Waals surface area contributed by atoms with E-state index in [-0.39, 0.29) is 24.8 Å². The number of carbonyl (C=O) groups is 3. The first-order valence-electron chi connectivity index (χ1n) is 12.5. The molecule has 3 aromatic carbocycles. The van der Waals surface area contributed by atoms with Crippen LogP contribution < -0.4 is 5.32 Å². The number of carboxylic acid groups (broad SMARTS) is 1. The first-order valence-corrected chi connectivity index (χ1v) is 13.4. The molecule has 4 rings (SSSR count). The summed E-state index contributed by atoms with van der Waals surface area (Å²) in [5.74, 6) is -1.44. The SMILES string of the molecule is Cc1ccc(CNC(=O)c2ccccc2-c2ccccc2C(=O)N(CCC(=O)O)CCc2cccs2)cc1. The van der Waals surface area contributed by atoms with Crippen LogP contribution in [-0.4, -0.2) is 40.9 Å². The van der Waals surface area contributed by atoms with Gasteiger partial charge in [-0.1, -0.05) is 72.3 Å². The largest absolute Gasteiger partial charge is 0.481 e. The average molecular weight is 527 g/mol. The van der Waals surface area contributed by atoms with Crippen LogP contribution in [0.5, 0.6) is 0 Å². The van der Waals surface area contributed by atoms with E-state index in [1.807, 2.05) is 73.0 Å². The fourth-order valence-corrected chi connectivity index (χ4v) is 4.92. The standard InChI is InChI=1S/C31H30N2O4S/c1-22-12-14-23(15-13-22)21-32-30(36)27-10-4-2-8-25(27)26-9-3-5-11-28(26)31(37)33(19-17-29(34)35)18-16-24-7-6-20-38-24/h2-15,20H,16-19,21H2,1H3,(H,32,36)(H,34,35). The number of carbonyl (C=O) groups excluding carboxylic acids is 2. The van der Waals surface area contributed by atoms with E-state index in [4.69, 9.17) is 0 Å². The molecule has 0 atom stereocenters. The van der Waals surface area contributed by atoms with Gasteiger partial charge in [0.25, 0.3) is 11.8 Å². The number of hydrogen-bond donors (Lipinski definition) is 2. The van der Waals surface area contributed by atoms with E-state index < -0.39 is 5.97 Å². The Morgan fingerprint density at radius 3 is 2.13 bits per heavy atom. The Morgan fingerprint density at radius 2 is 1.47 bits per heavy atom. The van der Waals surface area contributed by atoms with Crippen molar-refractivity contribution in [3.8, 4) is 11.1 Å². The number of nitrogens with zero attached hydrogens (tertiary/aromatic N) is 1. The van der Waals surface area contributed by atoms with Gasteiger partial charge < -0.3 is 15.3 Å². The van der Waals surface area contributed by atoms with Gasteiger partial charge in [-0.2, -0.15) is 0 Å². The molecule has 0 spiro atoms. The van der Waals surface area contributed by atoms with E-state index >= 15 is 0 Å². The Balaban J connectivity index is 1.60. The summed E-state index contributed by atoms with van der Waals surface area (Å²) >= 11 is 1.61. The third-order valence-electron chi connectivity index (χ3n) is 6.28. The summed E-state index contributed by atoms with van der Waals surface area (Å²) in [4.78, 5) is 41.0. The number of benzene rings is 3. The predicted octanol–water partition coefficient (Wildman–Crippen LogP) is 5.81. The van der Waals surface area contributed by atoms with Crippen LogP contribution in [0.25, 0.3) is 11.1 Å². The van der Waals surface area contributed by atoms with Gasteiger partial charge in [-0.15, -0.1) is 11.3 Å². The second-order valence-corrected chi connectivity index (χ2v) is 10.1. The minimum absolute atomic E-state index is 0.104. The zero-order chi connectivity index (χ0) is 26.9. The number of carboxylic acids is 1. The maximum Gasteiger partial charge on any atom is 0.305 e. The highest BCUT2D eigenvalue weighted by molar-refractivity contribution is 7.09. The molecule has 4 aromatic rings. The van der Waals surface area contributed by atoms with Crippen LogP contribution in [0.1, 0.15) is 43.1 Å². The molecule has 7 heteroatoms. The first-order chi connectivity index (χ1) is 18.4. The predicted molar refractivity (Wildman–Crippen MR) is 150 cm³/mol. The normalized spacial score (nSPS) is 10.7. The van der Waals surface area contributed by atoms with Crippen LogP contribution in [0.3, 0.4) is 0 Å². The molecule has 38 heavy (non-hydrogen) atoms. The maximum atomic E-state index is 13.8. The van der Waals surface area contributed by atoms with Crippen molar-refractivity contribution in [1.82, 2.24) is 10.2 Å². The summed E-state index contributed by atoms with van der Waals surface area (Å²) < 4.78 is 0. The first kappa shape index (κ1) is 26.8. The van der Waals surface area contributed by atoms with E-state index in [1.165, 1.54) is 0 Å². The molecule has 0 aliphatic rings. The third kappa shape index (κ3) is 6.95. The van der Waals surface area contributed by atoms with Crippen molar-refractivity contribution in [2.75, 3.05) is 13.1 Å². The molecule has 0 aliphatic carbocycles. The van der Waals surface area contributed by atoms with E-state index in [0.717, 1.165) is 16.0 Å². The lowest BCUT2D eigenvalue weighted by Crippen LogP contribution is -2.35. The molecule has 1 aromatic heterocycles. The van der Waals surface area contributed by atoms with Gasteiger partial charge in [0.1, 0.15) is 0 Å². The highest BCUT2D eigenvalue weighted by Gasteiger charge is 2.22. The summed E-state index contributed by atoms with van der Waals surface area (Å²) in [7, 11) is 0. The molecule has 6 nitrogen and oxygen atoms in total. The lowest BCUT2D eigenvalue weighted by molar-refractivity contribution is -0.137. The topological polar surface area (TPSA) is 86.7 Å². The van der Waals surface area contributed by atoms with E-state index in [1.54, 1.807) is 40.5 Å². The summed E-state index contributed by atoms with van der Waals surface area (Å²) in [6.07, 6.45) is 0.500. The number of aryl methyl sites for hydroxylation is 1. The van der Waals surface area contributed by atoms with Crippen LogP contribution in [0.15, 0.2) is 90.3 Å². The number of nitrogens with one attached hydrogen (secondary N) is 1. The van der Waals surface area contributed by atoms with Crippen LogP contribution in [0.2, 0.25) is 0 Å². The number of hydrogen-bond acceptors (Lipinski definition) is 4. The maximum absolute atomic E-state index is 13.8. The monoisotopic (exact) mass is 526 g/mol. The Labute approximate surface area is 226 Å². The minimum atomic E-state index is -0.956. The molecule has 0 aliphatic heterocycles. The molecule has 0 fully saturated rings. The third-order valence-corrected chi connectivity index (χ3v) is 7.22. The Morgan fingerprint density at radius 1 is 0.816 bits per heavy atom. The molecule has 0 radical (unpaired) electrons. The molecular formula is C31H30N2O4S. The van der Waals surface area contributed by atoms with Crippen molar-refractivity contribution in [3.63, 3.8) is 0 Å². The zero-order valence-corrected chi connectivity index (χ0v) is 22.0. The minimum Gasteiger partial charge on any atom is -0.481 e. The van der Waals surface area contributed by atoms with Gasteiger partial charge in [0.15, 0.2) is 0 Å². The molecule has 0 unspecified atom stereocenters. The molecule has 194 valence electrons. The van der Waals surface area contributed by atoms with Gasteiger partial charge in [0, 0.05) is 35.6 Å². The summed E-state index contributed by atoms with van der Waals surface area (Å²) in [6.45, 7) is 2.91. The van der Waals surface area contributed by atoms with Crippen LogP contribution in [0, 0.1) is 6.92 Å². The van der Waals surface area contributed by atoms with Gasteiger partial charge in [0.2, 0.25) is 0 Å². The number of rotatable bonds is 11. The second-order valence-electron chi connectivity index (χ2n) is 9.02. The molecule has 2 amide bonds. The van der Waals surface area contributed by atoms with Gasteiger partial charge >= 0.3 is 5.97 Å². The van der Waals surface area contributed by atoms with Crippen LogP contribution in [-0.2, 0) is 17.8 Å². The van der Waals surface area contributed by atoms with Crippen molar-refractivity contribution in [1.29, 1.82) is 0 Å². The molecule has 1 heterocycles. The van der Waals surface area contributed by atoms with Crippen molar-refractivity contribution < 1.29 is 19.5 Å². The molecule has 0 saturated heterocycles. The highest BCUT2D eigenvalue weighted by Crippen LogP contribution is 2.28. The summed E-state index contributed by atoms with van der Waals surface area (Å²) in [5, 5.41) is 14.2. The van der Waals surface area contributed by atoms with Gasteiger partial charge in [0.05, 0.1) is 6.42 Å². The molecule has 2 N–H and O–H groups in total. The van der Waals surface area contributed by atoms with Crippen molar-refractivity contribution in [3.05, 3.63) is 117 Å². The Bertz CT molecular complexity index is 1400. The van der Waals surface area contributed by atoms with Gasteiger partial charge in [-0.25, -0.2) is 0 Å². The molecule has 0 bridgehead atoms. The van der Waals surface area contributed by atoms with E-state index in [2.05, 4.69) is 5.32 Å². The lowest BCUT2D eigenvalue weighted by atomic mass is 9.94. The quantitative estimate of drug-likeness (QED) is 0.258. The average Bonchev–Trinajstić information content (AvgIpc) is 3.46. The fourth-order valence-electron chi connectivity index (χ4n) is 4.22. The molecular weight excluding hydrogens is 496 g/mol. The van der Waals surface area contributed by atoms with Crippen LogP contribution in [0.4, 0.5) is 0 Å². The van der Waals surface area contributed by atoms with Crippen molar-refractivity contribution in [2.45, 2.75) is 26.3 Å². The summed E-state index contributed by atoms with van der Waals surface area (Å²) in [5.41, 5.74) is 4.33. The lowest BCUT2D eigenvalue weighted by Gasteiger charge is -2.23.